The van der Waals surface area contributed by atoms with Gasteiger partial charge in [0.05, 0.1) is 12.1 Å². The molecule has 1 aromatic carbocycles. The highest BCUT2D eigenvalue weighted by Crippen LogP contribution is 2.08. The van der Waals surface area contributed by atoms with E-state index in [2.05, 4.69) is 5.32 Å². The number of carbonyl (C=O) groups excluding carboxylic acids is 2. The van der Waals surface area contributed by atoms with E-state index >= 15 is 0 Å². The van der Waals surface area contributed by atoms with Crippen molar-refractivity contribution in [2.24, 2.45) is 0 Å². The topological polar surface area (TPSA) is 86.7 Å². The molecule has 0 atom stereocenters. The van der Waals surface area contributed by atoms with Gasteiger partial charge in [-0.3, -0.25) is 9.59 Å². The molecule has 0 bridgehead atoms. The lowest BCUT2D eigenvalue weighted by Crippen LogP contribution is -2.38. The van der Waals surface area contributed by atoms with Crippen molar-refractivity contribution in [3.05, 3.63) is 35.4 Å². The maximum absolute atomic E-state index is 11.9. The monoisotopic (exact) mass is 276 g/mol. The Balaban J connectivity index is 1.92. The quantitative estimate of drug-likeness (QED) is 0.849. The smallest absolute Gasteiger partial charge is 0.335 e. The molecule has 0 unspecified atom stereocenters. The first-order chi connectivity index (χ1) is 9.58. The molecule has 1 fully saturated rings. The highest BCUT2D eigenvalue weighted by molar-refractivity contribution is 5.98. The van der Waals surface area contributed by atoms with Crippen LogP contribution in [0.3, 0.4) is 0 Å². The standard InChI is InChI=1S/C14H16N2O4/c17-12(16-6-1-2-7-16)9-15-13(18)10-4-3-5-11(8-10)14(19)20/h3-5,8H,1-2,6-7,9H2,(H,15,18)(H,19,20). The molecule has 20 heavy (non-hydrogen) atoms. The van der Waals surface area contributed by atoms with Crippen LogP contribution in [0.2, 0.25) is 0 Å². The van der Waals surface area contributed by atoms with Crippen molar-refractivity contribution in [3.8, 4) is 0 Å². The summed E-state index contributed by atoms with van der Waals surface area (Å²) in [6, 6.07) is 5.72. The van der Waals surface area contributed by atoms with Gasteiger partial charge in [-0.25, -0.2) is 4.79 Å². The third-order valence-corrected chi connectivity index (χ3v) is 3.23. The Hall–Kier alpha value is -2.37. The van der Waals surface area contributed by atoms with Gasteiger partial charge < -0.3 is 15.3 Å². The van der Waals surface area contributed by atoms with Crippen molar-refractivity contribution in [2.45, 2.75) is 12.8 Å². The van der Waals surface area contributed by atoms with Gasteiger partial charge in [0.1, 0.15) is 0 Å². The highest BCUT2D eigenvalue weighted by atomic mass is 16.4. The average Bonchev–Trinajstić information content (AvgIpc) is 2.98. The summed E-state index contributed by atoms with van der Waals surface area (Å²) < 4.78 is 0. The summed E-state index contributed by atoms with van der Waals surface area (Å²) >= 11 is 0. The van der Waals surface area contributed by atoms with Gasteiger partial charge in [-0.05, 0) is 31.0 Å². The van der Waals surface area contributed by atoms with E-state index in [0.29, 0.717) is 0 Å². The average molecular weight is 276 g/mol. The lowest BCUT2D eigenvalue weighted by atomic mass is 10.1. The van der Waals surface area contributed by atoms with Crippen LogP contribution in [0.4, 0.5) is 0 Å². The minimum atomic E-state index is -1.09. The lowest BCUT2D eigenvalue weighted by molar-refractivity contribution is -0.129. The van der Waals surface area contributed by atoms with Crippen LogP contribution in [-0.2, 0) is 4.79 Å². The zero-order chi connectivity index (χ0) is 14.5. The van der Waals surface area contributed by atoms with Gasteiger partial charge >= 0.3 is 5.97 Å². The Kier molecular flexibility index (Phi) is 4.34. The van der Waals surface area contributed by atoms with Crippen LogP contribution in [-0.4, -0.2) is 47.4 Å². The molecule has 1 aliphatic heterocycles. The summed E-state index contributed by atoms with van der Waals surface area (Å²) in [7, 11) is 0. The first-order valence-corrected chi connectivity index (χ1v) is 6.47. The van der Waals surface area contributed by atoms with Crippen molar-refractivity contribution in [3.63, 3.8) is 0 Å². The van der Waals surface area contributed by atoms with Gasteiger partial charge in [-0.2, -0.15) is 0 Å². The third-order valence-electron chi connectivity index (χ3n) is 3.23. The molecule has 1 saturated heterocycles. The number of nitrogens with one attached hydrogen (secondary N) is 1. The number of aromatic carboxylic acids is 1. The maximum atomic E-state index is 11.9. The molecular formula is C14H16N2O4. The fourth-order valence-electron chi connectivity index (χ4n) is 2.13. The molecule has 0 aliphatic carbocycles. The first kappa shape index (κ1) is 14.0. The number of carboxylic acid groups (broad SMARTS) is 1. The van der Waals surface area contributed by atoms with Crippen molar-refractivity contribution >= 4 is 17.8 Å². The molecule has 6 nitrogen and oxygen atoms in total. The first-order valence-electron chi connectivity index (χ1n) is 6.47. The van der Waals surface area contributed by atoms with E-state index in [1.807, 2.05) is 0 Å². The summed E-state index contributed by atoms with van der Waals surface area (Å²) in [4.78, 5) is 36.2. The van der Waals surface area contributed by atoms with Gasteiger partial charge in [0.25, 0.3) is 5.91 Å². The summed E-state index contributed by atoms with van der Waals surface area (Å²) in [5.74, 6) is -1.64. The molecule has 0 radical (unpaired) electrons. The second-order valence-corrected chi connectivity index (χ2v) is 4.66. The minimum Gasteiger partial charge on any atom is -0.478 e. The molecule has 1 heterocycles. The SMILES string of the molecule is O=C(O)c1cccc(C(=O)NCC(=O)N2CCCC2)c1. The van der Waals surface area contributed by atoms with Gasteiger partial charge in [0.15, 0.2) is 0 Å². The summed E-state index contributed by atoms with van der Waals surface area (Å²) in [5.41, 5.74) is 0.280. The number of nitrogens with zero attached hydrogens (tertiary/aromatic N) is 1. The van der Waals surface area contributed by atoms with Crippen LogP contribution in [0, 0.1) is 0 Å². The molecule has 2 rings (SSSR count). The van der Waals surface area contributed by atoms with E-state index < -0.39 is 11.9 Å². The number of benzene rings is 1. The second kappa shape index (κ2) is 6.18. The van der Waals surface area contributed by atoms with Crippen LogP contribution >= 0.6 is 0 Å². The van der Waals surface area contributed by atoms with Gasteiger partial charge in [0.2, 0.25) is 5.91 Å². The molecule has 0 spiro atoms. The Labute approximate surface area is 116 Å². The number of rotatable bonds is 4. The van der Waals surface area contributed by atoms with E-state index in [-0.39, 0.29) is 23.6 Å². The molecule has 2 amide bonds. The van der Waals surface area contributed by atoms with Crippen LogP contribution < -0.4 is 5.32 Å². The predicted molar refractivity (Wildman–Crippen MR) is 71.5 cm³/mol. The molecule has 106 valence electrons. The third kappa shape index (κ3) is 3.34. The predicted octanol–water partition coefficient (Wildman–Crippen LogP) is 0.737. The Morgan fingerprint density at radius 1 is 1.15 bits per heavy atom. The van der Waals surface area contributed by atoms with Gasteiger partial charge in [-0.15, -0.1) is 0 Å². The number of amides is 2. The highest BCUT2D eigenvalue weighted by Gasteiger charge is 2.18. The van der Waals surface area contributed by atoms with Crippen LogP contribution in [0.25, 0.3) is 0 Å². The lowest BCUT2D eigenvalue weighted by Gasteiger charge is -2.15. The van der Waals surface area contributed by atoms with Gasteiger partial charge in [0, 0.05) is 18.7 Å². The van der Waals surface area contributed by atoms with Crippen LogP contribution in [0.5, 0.6) is 0 Å². The van der Waals surface area contributed by atoms with E-state index in [9.17, 15) is 14.4 Å². The molecule has 0 aromatic heterocycles. The van der Waals surface area contributed by atoms with Crippen LogP contribution in [0.1, 0.15) is 33.6 Å². The normalized spacial score (nSPS) is 14.1. The van der Waals surface area contributed by atoms with Crippen molar-refractivity contribution in [1.29, 1.82) is 0 Å². The van der Waals surface area contributed by atoms with Crippen LogP contribution in [0.15, 0.2) is 24.3 Å². The van der Waals surface area contributed by atoms with Crippen molar-refractivity contribution in [2.75, 3.05) is 19.6 Å². The molecule has 1 aromatic rings. The maximum Gasteiger partial charge on any atom is 0.335 e. The zero-order valence-corrected chi connectivity index (χ0v) is 11.0. The van der Waals surface area contributed by atoms with E-state index in [1.54, 1.807) is 4.90 Å². The molecule has 0 saturated carbocycles. The van der Waals surface area contributed by atoms with Crippen molar-refractivity contribution in [1.82, 2.24) is 10.2 Å². The van der Waals surface area contributed by atoms with Gasteiger partial charge in [-0.1, -0.05) is 6.07 Å². The second-order valence-electron chi connectivity index (χ2n) is 4.66. The molecular weight excluding hydrogens is 260 g/mol. The number of hydrogen-bond acceptors (Lipinski definition) is 3. The largest absolute Gasteiger partial charge is 0.478 e. The number of carbonyl (C=O) groups is 3. The van der Waals surface area contributed by atoms with E-state index in [0.717, 1.165) is 25.9 Å². The number of carboxylic acids is 1. The Morgan fingerprint density at radius 3 is 2.45 bits per heavy atom. The number of hydrogen-bond donors (Lipinski definition) is 2. The summed E-state index contributed by atoms with van der Waals surface area (Å²) in [6.07, 6.45) is 2.00. The fourth-order valence-corrected chi connectivity index (χ4v) is 2.13. The number of likely N-dealkylation sites (tertiary alicyclic amines) is 1. The summed E-state index contributed by atoms with van der Waals surface area (Å²) in [5, 5.41) is 11.4. The minimum absolute atomic E-state index is 0.0449. The zero-order valence-electron chi connectivity index (χ0n) is 11.0. The van der Waals surface area contributed by atoms with E-state index in [4.69, 9.17) is 5.11 Å². The molecule has 2 N–H and O–H groups in total. The Morgan fingerprint density at radius 2 is 1.80 bits per heavy atom. The fraction of sp³-hybridized carbons (Fsp3) is 0.357. The molecule has 1 aliphatic rings. The van der Waals surface area contributed by atoms with Crippen molar-refractivity contribution < 1.29 is 19.5 Å². The summed E-state index contributed by atoms with van der Waals surface area (Å²) in [6.45, 7) is 1.42. The Bertz CT molecular complexity index is 536. The van der Waals surface area contributed by atoms with E-state index in [1.165, 1.54) is 24.3 Å². The molecule has 6 heteroatoms.